The lowest BCUT2D eigenvalue weighted by molar-refractivity contribution is 1.61. The molecule has 0 aliphatic carbocycles. The van der Waals surface area contributed by atoms with E-state index in [4.69, 9.17) is 0 Å². The molecule has 0 aliphatic rings. The molecular weight excluding hydrogens is 553 g/mol. The van der Waals surface area contributed by atoms with Crippen molar-refractivity contribution in [2.45, 2.75) is 0 Å². The molecule has 0 heteroatoms. The van der Waals surface area contributed by atoms with Gasteiger partial charge in [-0.3, -0.25) is 0 Å². The zero-order valence-corrected chi connectivity index (χ0v) is 25.3. The monoisotopic (exact) mass is 582 g/mol. The lowest BCUT2D eigenvalue weighted by Gasteiger charge is -2.11. The summed E-state index contributed by atoms with van der Waals surface area (Å²) < 4.78 is 0. The van der Waals surface area contributed by atoms with Crippen LogP contribution in [0.3, 0.4) is 0 Å². The number of fused-ring (bicyclic) bond motifs is 5. The molecule has 9 aromatic carbocycles. The molecular formula is C46H30. The van der Waals surface area contributed by atoms with E-state index in [1.54, 1.807) is 0 Å². The van der Waals surface area contributed by atoms with Gasteiger partial charge in [0, 0.05) is 0 Å². The fraction of sp³-hybridized carbons (Fsp3) is 0. The van der Waals surface area contributed by atoms with Crippen molar-refractivity contribution in [2.24, 2.45) is 0 Å². The molecule has 0 fully saturated rings. The molecule has 0 nitrogen and oxygen atoms in total. The van der Waals surface area contributed by atoms with E-state index < -0.39 is 0 Å². The number of benzene rings is 9. The lowest BCUT2D eigenvalue weighted by atomic mass is 9.93. The molecule has 46 heavy (non-hydrogen) atoms. The molecule has 0 spiro atoms. The summed E-state index contributed by atoms with van der Waals surface area (Å²) in [6.45, 7) is 0. The predicted octanol–water partition coefficient (Wildman–Crippen LogP) is 13.0. The third-order valence-electron chi connectivity index (χ3n) is 9.47. The van der Waals surface area contributed by atoms with Crippen LogP contribution in [0.25, 0.3) is 87.6 Å². The molecule has 214 valence electrons. The summed E-state index contributed by atoms with van der Waals surface area (Å²) in [6.07, 6.45) is 0. The summed E-state index contributed by atoms with van der Waals surface area (Å²) in [7, 11) is 0. The van der Waals surface area contributed by atoms with Crippen LogP contribution in [0.4, 0.5) is 0 Å². The first-order chi connectivity index (χ1) is 22.8. The minimum atomic E-state index is 1.23. The van der Waals surface area contributed by atoms with Gasteiger partial charge in [0.1, 0.15) is 0 Å². The first kappa shape index (κ1) is 26.4. The number of hydrogen-bond acceptors (Lipinski definition) is 0. The van der Waals surface area contributed by atoms with Gasteiger partial charge < -0.3 is 0 Å². The Morgan fingerprint density at radius 1 is 0.196 bits per heavy atom. The fourth-order valence-electron chi connectivity index (χ4n) is 7.06. The first-order valence-electron chi connectivity index (χ1n) is 15.9. The second-order valence-corrected chi connectivity index (χ2v) is 12.1. The van der Waals surface area contributed by atoms with Crippen LogP contribution in [-0.2, 0) is 0 Å². The van der Waals surface area contributed by atoms with Gasteiger partial charge in [-0.25, -0.2) is 0 Å². The van der Waals surface area contributed by atoms with Gasteiger partial charge in [-0.05, 0) is 99.7 Å². The van der Waals surface area contributed by atoms with Crippen LogP contribution < -0.4 is 0 Å². The number of rotatable bonds is 4. The van der Waals surface area contributed by atoms with Crippen LogP contribution in [0.2, 0.25) is 0 Å². The Hall–Kier alpha value is -5.98. The van der Waals surface area contributed by atoms with E-state index in [2.05, 4.69) is 182 Å². The van der Waals surface area contributed by atoms with Crippen LogP contribution in [0.5, 0.6) is 0 Å². The first-order valence-corrected chi connectivity index (χ1v) is 15.9. The Labute approximate surface area is 268 Å². The Balaban J connectivity index is 0.998. The van der Waals surface area contributed by atoms with E-state index in [0.717, 1.165) is 0 Å². The predicted molar refractivity (Wildman–Crippen MR) is 198 cm³/mol. The molecule has 0 aliphatic heterocycles. The van der Waals surface area contributed by atoms with Gasteiger partial charge in [0.2, 0.25) is 0 Å². The number of hydrogen-bond donors (Lipinski definition) is 0. The second-order valence-electron chi connectivity index (χ2n) is 12.1. The molecule has 9 aromatic rings. The molecule has 0 radical (unpaired) electrons. The highest BCUT2D eigenvalue weighted by molar-refractivity contribution is 6.12. The third-order valence-corrected chi connectivity index (χ3v) is 9.47. The van der Waals surface area contributed by atoms with Gasteiger partial charge in [0.15, 0.2) is 0 Å². The zero-order valence-electron chi connectivity index (χ0n) is 25.3. The average molecular weight is 583 g/mol. The average Bonchev–Trinajstić information content (AvgIpc) is 3.14. The van der Waals surface area contributed by atoms with Crippen molar-refractivity contribution in [2.75, 3.05) is 0 Å². The highest BCUT2D eigenvalue weighted by Gasteiger charge is 2.09. The standard InChI is InChI=1S/C46H30/c1-3-10-41-33(7-1)9-5-12-42(41)35-19-15-31(16-20-35)37-23-25-40-30-38(24-26-39(40)29-37)32-17-21-36(22-18-32)44-13-6-14-45-43-11-4-2-8-34(43)27-28-46(44)45/h1-30H. The Bertz CT molecular complexity index is 2550. The smallest absolute Gasteiger partial charge is 0.00990 e. The van der Waals surface area contributed by atoms with Crippen molar-refractivity contribution < 1.29 is 0 Å². The molecule has 0 aromatic heterocycles. The molecule has 0 heterocycles. The van der Waals surface area contributed by atoms with Gasteiger partial charge in [0.25, 0.3) is 0 Å². The topological polar surface area (TPSA) is 0 Å². The minimum absolute atomic E-state index is 1.23. The maximum absolute atomic E-state index is 2.31. The lowest BCUT2D eigenvalue weighted by Crippen LogP contribution is -1.85. The van der Waals surface area contributed by atoms with Crippen molar-refractivity contribution >= 4 is 43.1 Å². The highest BCUT2D eigenvalue weighted by atomic mass is 14.1. The fourth-order valence-corrected chi connectivity index (χ4v) is 7.06. The van der Waals surface area contributed by atoms with Gasteiger partial charge in [0.05, 0.1) is 0 Å². The minimum Gasteiger partial charge on any atom is -0.0616 e. The van der Waals surface area contributed by atoms with Gasteiger partial charge in [-0.1, -0.05) is 170 Å². The molecule has 0 saturated heterocycles. The normalized spacial score (nSPS) is 11.5. The maximum atomic E-state index is 2.31. The summed E-state index contributed by atoms with van der Waals surface area (Å²) in [5.41, 5.74) is 9.94. The van der Waals surface area contributed by atoms with E-state index in [1.807, 2.05) is 0 Å². The van der Waals surface area contributed by atoms with Crippen molar-refractivity contribution in [3.05, 3.63) is 182 Å². The summed E-state index contributed by atoms with van der Waals surface area (Å²) in [5, 5.41) is 10.2. The maximum Gasteiger partial charge on any atom is -0.00990 e. The van der Waals surface area contributed by atoms with E-state index in [-0.39, 0.29) is 0 Å². The summed E-state index contributed by atoms with van der Waals surface area (Å²) in [4.78, 5) is 0. The molecule has 0 saturated carbocycles. The van der Waals surface area contributed by atoms with E-state index in [9.17, 15) is 0 Å². The Morgan fingerprint density at radius 2 is 0.609 bits per heavy atom. The van der Waals surface area contributed by atoms with Crippen LogP contribution in [0, 0.1) is 0 Å². The van der Waals surface area contributed by atoms with Crippen LogP contribution in [0.1, 0.15) is 0 Å². The zero-order chi connectivity index (χ0) is 30.5. The van der Waals surface area contributed by atoms with Crippen LogP contribution in [-0.4, -0.2) is 0 Å². The van der Waals surface area contributed by atoms with E-state index >= 15 is 0 Å². The van der Waals surface area contributed by atoms with Crippen molar-refractivity contribution in [1.82, 2.24) is 0 Å². The summed E-state index contributed by atoms with van der Waals surface area (Å²) >= 11 is 0. The van der Waals surface area contributed by atoms with Crippen molar-refractivity contribution in [3.8, 4) is 44.5 Å². The Kier molecular flexibility index (Phi) is 6.25. The quantitative estimate of drug-likeness (QED) is 0.181. The van der Waals surface area contributed by atoms with Crippen LogP contribution >= 0.6 is 0 Å². The molecule has 0 N–H and O–H groups in total. The van der Waals surface area contributed by atoms with E-state index in [0.29, 0.717) is 0 Å². The second kappa shape index (κ2) is 10.9. The molecule has 0 atom stereocenters. The SMILES string of the molecule is c1ccc2c(-c3ccc(-c4ccc5cc(-c6ccc(-c7cccc8c7ccc7ccccc78)cc6)ccc5c4)cc3)cccc2c1. The van der Waals surface area contributed by atoms with E-state index in [1.165, 1.54) is 87.6 Å². The van der Waals surface area contributed by atoms with Crippen molar-refractivity contribution in [1.29, 1.82) is 0 Å². The highest BCUT2D eigenvalue weighted by Crippen LogP contribution is 2.36. The van der Waals surface area contributed by atoms with Crippen LogP contribution in [0.15, 0.2) is 182 Å². The molecule has 0 amide bonds. The van der Waals surface area contributed by atoms with Crippen molar-refractivity contribution in [3.63, 3.8) is 0 Å². The summed E-state index contributed by atoms with van der Waals surface area (Å²) in [5.74, 6) is 0. The van der Waals surface area contributed by atoms with Gasteiger partial charge in [-0.15, -0.1) is 0 Å². The Morgan fingerprint density at radius 3 is 1.24 bits per heavy atom. The largest absolute Gasteiger partial charge is 0.0616 e. The molecule has 9 rings (SSSR count). The van der Waals surface area contributed by atoms with Gasteiger partial charge in [-0.2, -0.15) is 0 Å². The molecule has 0 unspecified atom stereocenters. The van der Waals surface area contributed by atoms with Gasteiger partial charge >= 0.3 is 0 Å². The summed E-state index contributed by atoms with van der Waals surface area (Å²) in [6, 6.07) is 66.5. The molecule has 0 bridgehead atoms. The third kappa shape index (κ3) is 4.55.